The topological polar surface area (TPSA) is 55.4 Å². The molecule has 0 aromatic rings. The summed E-state index contributed by atoms with van der Waals surface area (Å²) in [6.07, 6.45) is 17.6. The van der Waals surface area contributed by atoms with Crippen molar-refractivity contribution in [3.05, 3.63) is 23.8 Å². The van der Waals surface area contributed by atoms with Crippen LogP contribution in [0, 0.1) is 52.3 Å². The molecule has 0 unspecified atom stereocenters. The zero-order valence-corrected chi connectivity index (χ0v) is 44.3. The molecule has 5 rings (SSSR count). The fourth-order valence-corrected chi connectivity index (χ4v) is 16.1. The Morgan fingerprint density at radius 1 is 0.737 bits per heavy atom. The van der Waals surface area contributed by atoms with Crippen molar-refractivity contribution in [3.63, 3.8) is 0 Å². The highest BCUT2D eigenvalue weighted by molar-refractivity contribution is 6.71. The highest BCUT2D eigenvalue weighted by atomic mass is 28.4. The molecular formula is C47H90O6Si4. The average molecular weight is 864 g/mol. The Morgan fingerprint density at radius 2 is 1.35 bits per heavy atom. The van der Waals surface area contributed by atoms with Crippen molar-refractivity contribution in [2.75, 3.05) is 6.61 Å². The van der Waals surface area contributed by atoms with Gasteiger partial charge >= 0.3 is 0 Å². The zero-order chi connectivity index (χ0) is 42.5. The van der Waals surface area contributed by atoms with E-state index in [1.54, 1.807) is 5.57 Å². The molecule has 0 aromatic heterocycles. The van der Waals surface area contributed by atoms with Gasteiger partial charge in [0.25, 0.3) is 0 Å². The standard InChI is InChI=1S/C47H90O6Si4/c1-19-34(32(2)3)21-20-33(4)38-24-25-39-37-23-22-35-30-36(26-28-46(35,5)40(37)27-29-47(38,39)6)49-45-44(53-57(16,17)18)43(52-56(13,14)15)42(51-55(10,11)12)41(50-45)31-48-54(7,8)9/h20-22,32-34,36-45H,19,23-31H2,1-18H3/b21-20-/t33-,34+,36+,37-,38+,39-,40+,41+,42+,43-,44+,45+,46-,47+/m0/s1. The molecule has 10 heteroatoms. The fourth-order valence-electron chi connectivity index (χ4n) is 12.2. The van der Waals surface area contributed by atoms with Gasteiger partial charge in [-0.2, -0.15) is 0 Å². The summed E-state index contributed by atoms with van der Waals surface area (Å²) < 4.78 is 42.3. The molecule has 1 aliphatic heterocycles. The van der Waals surface area contributed by atoms with E-state index >= 15 is 0 Å². The molecular weight excluding hydrogens is 773 g/mol. The van der Waals surface area contributed by atoms with Crippen LogP contribution in [-0.4, -0.2) is 76.7 Å². The van der Waals surface area contributed by atoms with Crippen molar-refractivity contribution >= 4 is 33.3 Å². The second kappa shape index (κ2) is 18.1. The molecule has 4 fully saturated rings. The third-order valence-corrected chi connectivity index (χ3v) is 18.8. The first kappa shape index (κ1) is 48.1. The molecule has 330 valence electrons. The number of allylic oxidation sites excluding steroid dienone is 3. The SMILES string of the molecule is CC[C@H](/C=C\[C@H](C)[C@H]1CC[C@H]2[C@@H]3CC=C4C[C@H](O[C@@H]5O[C@H](CO[Si](C)(C)C)[C@@H](O[Si](C)(C)C)[C@H](O[Si](C)(C)C)[C@H]5O[Si](C)(C)C)CC[C@]4(C)[C@@H]3CC[C@]12C)C(C)C. The Balaban J connectivity index is 1.37. The first-order valence-corrected chi connectivity index (χ1v) is 37.1. The van der Waals surface area contributed by atoms with Crippen molar-refractivity contribution < 1.29 is 27.2 Å². The summed E-state index contributed by atoms with van der Waals surface area (Å²) in [7, 11) is -7.89. The van der Waals surface area contributed by atoms with Crippen molar-refractivity contribution in [1.29, 1.82) is 0 Å². The highest BCUT2D eigenvalue weighted by Crippen LogP contribution is 2.67. The molecule has 1 saturated heterocycles. The Bertz CT molecular complexity index is 1390. The molecule has 0 radical (unpaired) electrons. The number of rotatable bonds is 16. The van der Waals surface area contributed by atoms with E-state index < -0.39 is 39.6 Å². The first-order chi connectivity index (χ1) is 26.1. The molecule has 0 N–H and O–H groups in total. The maximum atomic E-state index is 7.27. The van der Waals surface area contributed by atoms with Crippen LogP contribution in [0.15, 0.2) is 23.8 Å². The number of fused-ring (bicyclic) bond motifs is 5. The van der Waals surface area contributed by atoms with Crippen LogP contribution in [0.3, 0.4) is 0 Å². The summed E-state index contributed by atoms with van der Waals surface area (Å²) in [5.74, 6) is 5.30. The van der Waals surface area contributed by atoms with E-state index in [4.69, 9.17) is 27.2 Å². The minimum Gasteiger partial charge on any atom is -0.415 e. The van der Waals surface area contributed by atoms with E-state index in [1.165, 1.54) is 44.9 Å². The monoisotopic (exact) mass is 863 g/mol. The number of hydrogen-bond donors (Lipinski definition) is 0. The minimum atomic E-state index is -2.04. The van der Waals surface area contributed by atoms with Crippen LogP contribution in [0.25, 0.3) is 0 Å². The Hall–Kier alpha value is 0.108. The van der Waals surface area contributed by atoms with Crippen molar-refractivity contribution in [2.24, 2.45) is 52.3 Å². The van der Waals surface area contributed by atoms with Gasteiger partial charge in [-0.1, -0.05) is 65.3 Å². The molecule has 3 saturated carbocycles. The smallest absolute Gasteiger partial charge is 0.185 e. The normalized spacial score (nSPS) is 39.1. The third-order valence-electron chi connectivity index (χ3n) is 14.8. The second-order valence-electron chi connectivity index (χ2n) is 24.1. The second-order valence-corrected chi connectivity index (χ2v) is 42.0. The van der Waals surface area contributed by atoms with Gasteiger partial charge in [0.1, 0.15) is 24.4 Å². The third kappa shape index (κ3) is 11.8. The molecule has 0 amide bonds. The van der Waals surface area contributed by atoms with E-state index in [0.717, 1.165) is 36.5 Å². The summed E-state index contributed by atoms with van der Waals surface area (Å²) in [4.78, 5) is 0. The quantitative estimate of drug-likeness (QED) is 0.114. The fraction of sp³-hybridized carbons (Fsp3) is 0.915. The largest absolute Gasteiger partial charge is 0.415 e. The van der Waals surface area contributed by atoms with Crippen molar-refractivity contribution in [2.45, 2.75) is 215 Å². The maximum absolute atomic E-state index is 7.27. The summed E-state index contributed by atoms with van der Waals surface area (Å²) in [6, 6.07) is 0. The maximum Gasteiger partial charge on any atom is 0.185 e. The van der Waals surface area contributed by atoms with Crippen LogP contribution in [0.5, 0.6) is 0 Å². The van der Waals surface area contributed by atoms with E-state index in [-0.39, 0.29) is 35.9 Å². The van der Waals surface area contributed by atoms with Gasteiger partial charge in [-0.15, -0.1) is 0 Å². The van der Waals surface area contributed by atoms with Gasteiger partial charge in [0.15, 0.2) is 39.6 Å². The Labute approximate surface area is 356 Å². The molecule has 0 aromatic carbocycles. The summed E-state index contributed by atoms with van der Waals surface area (Å²) in [5, 5.41) is 0. The van der Waals surface area contributed by atoms with Gasteiger partial charge in [0, 0.05) is 0 Å². The Kier molecular flexibility index (Phi) is 15.3. The van der Waals surface area contributed by atoms with Crippen LogP contribution >= 0.6 is 0 Å². The molecule has 57 heavy (non-hydrogen) atoms. The molecule has 0 bridgehead atoms. The molecule has 6 nitrogen and oxygen atoms in total. The van der Waals surface area contributed by atoms with Gasteiger partial charge in [-0.05, 0) is 189 Å². The van der Waals surface area contributed by atoms with E-state index in [0.29, 0.717) is 29.8 Å². The predicted octanol–water partition coefficient (Wildman–Crippen LogP) is 13.1. The first-order valence-electron chi connectivity index (χ1n) is 23.5. The van der Waals surface area contributed by atoms with Gasteiger partial charge in [0.2, 0.25) is 0 Å². The summed E-state index contributed by atoms with van der Waals surface area (Å²) >= 11 is 0. The van der Waals surface area contributed by atoms with Gasteiger partial charge in [0.05, 0.1) is 12.7 Å². The highest BCUT2D eigenvalue weighted by Gasteiger charge is 2.60. The lowest BCUT2D eigenvalue weighted by Gasteiger charge is -2.58. The van der Waals surface area contributed by atoms with Crippen LogP contribution < -0.4 is 0 Å². The van der Waals surface area contributed by atoms with Gasteiger partial charge in [-0.25, -0.2) is 0 Å². The van der Waals surface area contributed by atoms with Crippen molar-refractivity contribution in [1.82, 2.24) is 0 Å². The van der Waals surface area contributed by atoms with Crippen LogP contribution in [0.4, 0.5) is 0 Å². The number of hydrogen-bond acceptors (Lipinski definition) is 6. The van der Waals surface area contributed by atoms with E-state index in [1.807, 2.05) is 0 Å². The summed E-state index contributed by atoms with van der Waals surface area (Å²) in [5.41, 5.74) is 2.37. The van der Waals surface area contributed by atoms with E-state index in [2.05, 4.69) is 138 Å². The van der Waals surface area contributed by atoms with Gasteiger partial charge < -0.3 is 27.2 Å². The van der Waals surface area contributed by atoms with E-state index in [9.17, 15) is 0 Å². The molecule has 14 atom stereocenters. The minimum absolute atomic E-state index is 0.0919. The Morgan fingerprint density at radius 3 is 1.93 bits per heavy atom. The van der Waals surface area contributed by atoms with Crippen molar-refractivity contribution in [3.8, 4) is 0 Å². The van der Waals surface area contributed by atoms with Crippen LogP contribution in [0.1, 0.15) is 99.3 Å². The lowest BCUT2D eigenvalue weighted by atomic mass is 9.47. The molecule has 4 aliphatic carbocycles. The lowest BCUT2D eigenvalue weighted by molar-refractivity contribution is -0.303. The zero-order valence-electron chi connectivity index (χ0n) is 40.3. The van der Waals surface area contributed by atoms with Crippen LogP contribution in [-0.2, 0) is 27.2 Å². The van der Waals surface area contributed by atoms with Crippen LogP contribution in [0.2, 0.25) is 78.6 Å². The number of ether oxygens (including phenoxy) is 2. The lowest BCUT2D eigenvalue weighted by Crippen LogP contribution is -2.66. The predicted molar refractivity (Wildman–Crippen MR) is 250 cm³/mol. The van der Waals surface area contributed by atoms with Gasteiger partial charge in [-0.3, -0.25) is 0 Å². The molecule has 0 spiro atoms. The molecule has 1 heterocycles. The summed E-state index contributed by atoms with van der Waals surface area (Å²) in [6.45, 7) is 42.7. The molecule has 5 aliphatic rings. The average Bonchev–Trinajstić information content (AvgIpc) is 3.42.